The van der Waals surface area contributed by atoms with Crippen molar-refractivity contribution < 1.29 is 22.8 Å². The average Bonchev–Trinajstić information content (AvgIpc) is 2.27. The molecular weight excluding hydrogens is 279 g/mol. The summed E-state index contributed by atoms with van der Waals surface area (Å²) in [6, 6.07) is 2.33. The number of hydrogen-bond acceptors (Lipinski definition) is 5. The molecule has 0 aliphatic heterocycles. The van der Waals surface area contributed by atoms with Crippen molar-refractivity contribution in [3.63, 3.8) is 0 Å². The molecule has 1 aromatic rings. The molecule has 0 bridgehead atoms. The lowest BCUT2D eigenvalue weighted by Crippen LogP contribution is -2.33. The zero-order chi connectivity index (χ0) is 14.8. The van der Waals surface area contributed by atoms with Crippen LogP contribution in [-0.2, 0) is 10.0 Å². The van der Waals surface area contributed by atoms with Crippen LogP contribution in [0.5, 0.6) is 0 Å². The van der Waals surface area contributed by atoms with E-state index in [2.05, 4.69) is 0 Å². The van der Waals surface area contributed by atoms with Crippen LogP contribution in [0.3, 0.4) is 0 Å². The molecule has 1 atom stereocenters. The standard InChI is InChI=1S/C10H13FN2O5S/c1-7(14)6-12(2)19(17,18)8-3-4-10(13(15)16)9(11)5-8/h3-5,7,14H,6H2,1-2H3. The first-order chi connectivity index (χ1) is 8.66. The van der Waals surface area contributed by atoms with Crippen LogP contribution in [0.4, 0.5) is 10.1 Å². The molecule has 106 valence electrons. The summed E-state index contributed by atoms with van der Waals surface area (Å²) in [6.07, 6.45) is -0.886. The SMILES string of the molecule is CC(O)CN(C)S(=O)(=O)c1ccc([N+](=O)[O-])c(F)c1. The van der Waals surface area contributed by atoms with Gasteiger partial charge in [0.05, 0.1) is 15.9 Å². The molecule has 0 aromatic heterocycles. The summed E-state index contributed by atoms with van der Waals surface area (Å²) >= 11 is 0. The van der Waals surface area contributed by atoms with E-state index in [9.17, 15) is 22.9 Å². The Labute approximate surface area is 109 Å². The molecule has 0 saturated heterocycles. The van der Waals surface area contributed by atoms with Gasteiger partial charge >= 0.3 is 5.69 Å². The third-order valence-electron chi connectivity index (χ3n) is 2.35. The Kier molecular flexibility index (Phi) is 4.56. The van der Waals surface area contributed by atoms with Crippen molar-refractivity contribution in [2.24, 2.45) is 0 Å². The van der Waals surface area contributed by atoms with Crippen molar-refractivity contribution >= 4 is 15.7 Å². The minimum Gasteiger partial charge on any atom is -0.392 e. The predicted octanol–water partition coefficient (Wildman–Crippen LogP) is 0.735. The maximum Gasteiger partial charge on any atom is 0.304 e. The monoisotopic (exact) mass is 292 g/mol. The second-order valence-corrected chi connectivity index (χ2v) is 6.05. The summed E-state index contributed by atoms with van der Waals surface area (Å²) < 4.78 is 38.2. The summed E-state index contributed by atoms with van der Waals surface area (Å²) in [4.78, 5) is 9.09. The number of nitrogens with zero attached hydrogens (tertiary/aromatic N) is 2. The number of hydrogen-bond donors (Lipinski definition) is 1. The number of sulfonamides is 1. The van der Waals surface area contributed by atoms with Crippen LogP contribution in [0.2, 0.25) is 0 Å². The van der Waals surface area contributed by atoms with E-state index in [1.165, 1.54) is 14.0 Å². The molecule has 0 radical (unpaired) electrons. The summed E-state index contributed by atoms with van der Waals surface area (Å²) in [5.74, 6) is -1.23. The molecule has 9 heteroatoms. The first-order valence-corrected chi connectivity index (χ1v) is 6.68. The number of halogens is 1. The van der Waals surface area contributed by atoms with Gasteiger partial charge in [0, 0.05) is 25.7 Å². The van der Waals surface area contributed by atoms with E-state index in [1.54, 1.807) is 0 Å². The quantitative estimate of drug-likeness (QED) is 0.637. The van der Waals surface area contributed by atoms with Crippen LogP contribution < -0.4 is 0 Å². The number of likely N-dealkylation sites (N-methyl/N-ethyl adjacent to an activating group) is 1. The minimum absolute atomic E-state index is 0.166. The molecule has 7 nitrogen and oxygen atoms in total. The number of benzene rings is 1. The van der Waals surface area contributed by atoms with E-state index < -0.39 is 37.5 Å². The van der Waals surface area contributed by atoms with E-state index in [1.807, 2.05) is 0 Å². The number of rotatable bonds is 5. The fourth-order valence-corrected chi connectivity index (χ4v) is 2.71. The Hall–Kier alpha value is -1.58. The largest absolute Gasteiger partial charge is 0.392 e. The molecule has 0 amide bonds. The molecule has 1 N–H and O–H groups in total. The molecule has 0 fully saturated rings. The fourth-order valence-electron chi connectivity index (χ4n) is 1.45. The minimum atomic E-state index is -3.99. The zero-order valence-corrected chi connectivity index (χ0v) is 11.1. The molecule has 0 spiro atoms. The molecule has 1 unspecified atom stereocenters. The van der Waals surface area contributed by atoms with E-state index in [0.29, 0.717) is 6.07 Å². The van der Waals surface area contributed by atoms with Crippen LogP contribution in [0.1, 0.15) is 6.92 Å². The highest BCUT2D eigenvalue weighted by Crippen LogP contribution is 2.22. The summed E-state index contributed by atoms with van der Waals surface area (Å²) in [5, 5.41) is 19.6. The Balaban J connectivity index is 3.16. The van der Waals surface area contributed by atoms with Crippen LogP contribution >= 0.6 is 0 Å². The van der Waals surface area contributed by atoms with Crippen molar-refractivity contribution in [1.82, 2.24) is 4.31 Å². The van der Waals surface area contributed by atoms with Crippen molar-refractivity contribution in [2.75, 3.05) is 13.6 Å². The van der Waals surface area contributed by atoms with Crippen molar-refractivity contribution in [1.29, 1.82) is 0 Å². The van der Waals surface area contributed by atoms with Crippen molar-refractivity contribution in [2.45, 2.75) is 17.9 Å². The molecule has 19 heavy (non-hydrogen) atoms. The highest BCUT2D eigenvalue weighted by molar-refractivity contribution is 7.89. The van der Waals surface area contributed by atoms with Crippen molar-refractivity contribution in [3.8, 4) is 0 Å². The molecular formula is C10H13FN2O5S. The van der Waals surface area contributed by atoms with Gasteiger partial charge in [-0.05, 0) is 13.0 Å². The smallest absolute Gasteiger partial charge is 0.304 e. The van der Waals surface area contributed by atoms with E-state index in [0.717, 1.165) is 16.4 Å². The van der Waals surface area contributed by atoms with E-state index in [-0.39, 0.29) is 6.54 Å². The molecule has 0 aliphatic rings. The number of aliphatic hydroxyl groups is 1. The third-order valence-corrected chi connectivity index (χ3v) is 4.16. The Morgan fingerprint density at radius 1 is 1.53 bits per heavy atom. The van der Waals surface area contributed by atoms with Gasteiger partial charge in [-0.1, -0.05) is 0 Å². The summed E-state index contributed by atoms with van der Waals surface area (Å²) in [6.45, 7) is 1.24. The third kappa shape index (κ3) is 3.46. The number of nitro benzene ring substituents is 1. The molecule has 1 aromatic carbocycles. The van der Waals surface area contributed by atoms with E-state index in [4.69, 9.17) is 5.11 Å². The van der Waals surface area contributed by atoms with Gasteiger partial charge in [0.25, 0.3) is 0 Å². The van der Waals surface area contributed by atoms with Gasteiger partial charge in [-0.15, -0.1) is 0 Å². The van der Waals surface area contributed by atoms with Gasteiger partial charge in [0.1, 0.15) is 0 Å². The van der Waals surface area contributed by atoms with Gasteiger partial charge in [0.2, 0.25) is 15.8 Å². The second-order valence-electron chi connectivity index (χ2n) is 4.00. The Morgan fingerprint density at radius 3 is 2.53 bits per heavy atom. The fraction of sp³-hybridized carbons (Fsp3) is 0.400. The maximum atomic E-state index is 13.4. The lowest BCUT2D eigenvalue weighted by molar-refractivity contribution is -0.387. The van der Waals surface area contributed by atoms with Crippen LogP contribution in [0.15, 0.2) is 23.1 Å². The highest BCUT2D eigenvalue weighted by atomic mass is 32.2. The number of nitro groups is 1. The first kappa shape index (κ1) is 15.5. The average molecular weight is 292 g/mol. The van der Waals surface area contributed by atoms with E-state index >= 15 is 0 Å². The van der Waals surface area contributed by atoms with Gasteiger partial charge in [-0.3, -0.25) is 10.1 Å². The van der Waals surface area contributed by atoms with Crippen molar-refractivity contribution in [3.05, 3.63) is 34.1 Å². The molecule has 0 heterocycles. The highest BCUT2D eigenvalue weighted by Gasteiger charge is 2.25. The maximum absolute atomic E-state index is 13.4. The molecule has 0 saturated carbocycles. The molecule has 0 aliphatic carbocycles. The zero-order valence-electron chi connectivity index (χ0n) is 10.3. The van der Waals surface area contributed by atoms with Crippen LogP contribution in [0, 0.1) is 15.9 Å². The lowest BCUT2D eigenvalue weighted by atomic mass is 10.3. The predicted molar refractivity (Wildman–Crippen MR) is 64.6 cm³/mol. The first-order valence-electron chi connectivity index (χ1n) is 5.24. The summed E-state index contributed by atoms with van der Waals surface area (Å²) in [7, 11) is -2.76. The van der Waals surface area contributed by atoms with Gasteiger partial charge in [-0.25, -0.2) is 8.42 Å². The molecule has 1 rings (SSSR count). The van der Waals surface area contributed by atoms with Gasteiger partial charge < -0.3 is 5.11 Å². The lowest BCUT2D eigenvalue weighted by Gasteiger charge is -2.18. The normalized spacial score (nSPS) is 13.5. The van der Waals surface area contributed by atoms with Gasteiger partial charge in [-0.2, -0.15) is 8.70 Å². The number of aliphatic hydroxyl groups excluding tert-OH is 1. The topological polar surface area (TPSA) is 101 Å². The van der Waals surface area contributed by atoms with Crippen LogP contribution in [-0.4, -0.2) is 42.4 Å². The second kappa shape index (κ2) is 5.59. The Bertz CT molecular complexity index is 588. The van der Waals surface area contributed by atoms with Gasteiger partial charge in [0.15, 0.2) is 0 Å². The summed E-state index contributed by atoms with van der Waals surface area (Å²) in [5.41, 5.74) is -0.794. The Morgan fingerprint density at radius 2 is 2.11 bits per heavy atom. The van der Waals surface area contributed by atoms with Crippen LogP contribution in [0.25, 0.3) is 0 Å².